The number of benzene rings is 1. The molecule has 0 spiro atoms. The molecule has 0 aliphatic rings. The van der Waals surface area contributed by atoms with Gasteiger partial charge >= 0.3 is 0 Å². The first-order valence-electron chi connectivity index (χ1n) is 5.81. The summed E-state index contributed by atoms with van der Waals surface area (Å²) in [5.74, 6) is 0. The van der Waals surface area contributed by atoms with Crippen molar-refractivity contribution >= 4 is 21.4 Å². The molecule has 0 saturated heterocycles. The number of hydrogen-bond donors (Lipinski definition) is 2. The van der Waals surface area contributed by atoms with Crippen LogP contribution >= 0.6 is 0 Å². The molecule has 0 amide bonds. The van der Waals surface area contributed by atoms with E-state index in [1.165, 1.54) is 0 Å². The molecule has 2 aromatic rings. The lowest BCUT2D eigenvalue weighted by atomic mass is 10.1. The lowest BCUT2D eigenvalue weighted by molar-refractivity contribution is 0.562. The number of sulfonamides is 1. The van der Waals surface area contributed by atoms with E-state index in [9.17, 15) is 8.42 Å². The van der Waals surface area contributed by atoms with Gasteiger partial charge in [0.25, 0.3) is 0 Å². The van der Waals surface area contributed by atoms with Gasteiger partial charge in [0.15, 0.2) is 0 Å². The summed E-state index contributed by atoms with van der Waals surface area (Å²) in [5.41, 5.74) is 2.25. The lowest BCUT2D eigenvalue weighted by Crippen LogP contribution is -2.13. The van der Waals surface area contributed by atoms with Crippen LogP contribution in [0.25, 0.3) is 0 Å². The van der Waals surface area contributed by atoms with E-state index in [1.807, 2.05) is 25.1 Å². The highest BCUT2D eigenvalue weighted by Gasteiger charge is 2.11. The molecule has 0 radical (unpaired) electrons. The van der Waals surface area contributed by atoms with Crippen molar-refractivity contribution in [3.63, 3.8) is 0 Å². The second-order valence-corrected chi connectivity index (χ2v) is 6.09. The van der Waals surface area contributed by atoms with Crippen LogP contribution in [0.3, 0.4) is 0 Å². The summed E-state index contributed by atoms with van der Waals surface area (Å²) >= 11 is 0. The lowest BCUT2D eigenvalue weighted by Gasteiger charge is -2.17. The predicted molar refractivity (Wildman–Crippen MR) is 75.7 cm³/mol. The largest absolute Gasteiger partial charge is 0.472 e. The van der Waals surface area contributed by atoms with Crippen molar-refractivity contribution in [2.45, 2.75) is 13.0 Å². The summed E-state index contributed by atoms with van der Waals surface area (Å²) in [4.78, 5) is 0. The van der Waals surface area contributed by atoms with Gasteiger partial charge in [-0.05, 0) is 25.1 Å². The molecule has 102 valence electrons. The first-order valence-corrected chi connectivity index (χ1v) is 7.70. The molecular formula is C13H16N2O3S. The summed E-state index contributed by atoms with van der Waals surface area (Å²) in [7, 11) is -3.30. The van der Waals surface area contributed by atoms with Gasteiger partial charge in [0.2, 0.25) is 10.0 Å². The monoisotopic (exact) mass is 280 g/mol. The van der Waals surface area contributed by atoms with Crippen molar-refractivity contribution in [2.24, 2.45) is 0 Å². The molecule has 1 aromatic heterocycles. The smallest absolute Gasteiger partial charge is 0.229 e. The van der Waals surface area contributed by atoms with E-state index in [2.05, 4.69) is 10.0 Å². The van der Waals surface area contributed by atoms with Gasteiger partial charge in [-0.15, -0.1) is 0 Å². The Morgan fingerprint density at radius 3 is 2.42 bits per heavy atom. The topological polar surface area (TPSA) is 71.3 Å². The van der Waals surface area contributed by atoms with E-state index in [0.717, 1.165) is 17.5 Å². The molecular weight excluding hydrogens is 264 g/mol. The van der Waals surface area contributed by atoms with E-state index in [4.69, 9.17) is 4.42 Å². The molecule has 0 bridgehead atoms. The SMILES string of the molecule is CC(Nc1ccccc1NS(C)(=O)=O)c1ccoc1. The summed E-state index contributed by atoms with van der Waals surface area (Å²) < 4.78 is 30.1. The van der Waals surface area contributed by atoms with Crippen LogP contribution in [0.4, 0.5) is 11.4 Å². The Bertz CT molecular complexity index is 636. The maximum absolute atomic E-state index is 11.3. The predicted octanol–water partition coefficient (Wildman–Crippen LogP) is 2.82. The summed E-state index contributed by atoms with van der Waals surface area (Å²) in [6.07, 6.45) is 4.39. The fraction of sp³-hybridized carbons (Fsp3) is 0.231. The van der Waals surface area contributed by atoms with Crippen molar-refractivity contribution < 1.29 is 12.8 Å². The number of hydrogen-bond acceptors (Lipinski definition) is 4. The molecule has 6 heteroatoms. The van der Waals surface area contributed by atoms with Crippen LogP contribution in [-0.4, -0.2) is 14.7 Å². The van der Waals surface area contributed by atoms with E-state index >= 15 is 0 Å². The van der Waals surface area contributed by atoms with Gasteiger partial charge in [0.1, 0.15) is 0 Å². The summed E-state index contributed by atoms with van der Waals surface area (Å²) in [6, 6.07) is 9.04. The molecule has 0 aliphatic heterocycles. The molecule has 0 fully saturated rings. The number of anilines is 2. The van der Waals surface area contributed by atoms with E-state index in [-0.39, 0.29) is 6.04 Å². The van der Waals surface area contributed by atoms with Crippen molar-refractivity contribution in [3.05, 3.63) is 48.4 Å². The number of nitrogens with one attached hydrogen (secondary N) is 2. The third kappa shape index (κ3) is 3.75. The van der Waals surface area contributed by atoms with Crippen LogP contribution in [0, 0.1) is 0 Å². The molecule has 2 rings (SSSR count). The molecule has 1 heterocycles. The van der Waals surface area contributed by atoms with Gasteiger partial charge in [-0.1, -0.05) is 12.1 Å². The van der Waals surface area contributed by atoms with Gasteiger partial charge < -0.3 is 9.73 Å². The molecule has 0 saturated carbocycles. The highest BCUT2D eigenvalue weighted by atomic mass is 32.2. The Morgan fingerprint density at radius 1 is 1.16 bits per heavy atom. The minimum absolute atomic E-state index is 0.0151. The number of furan rings is 1. The van der Waals surface area contributed by atoms with Crippen molar-refractivity contribution in [1.29, 1.82) is 0 Å². The molecule has 0 aliphatic carbocycles. The number of rotatable bonds is 5. The molecule has 2 N–H and O–H groups in total. The highest BCUT2D eigenvalue weighted by Crippen LogP contribution is 2.26. The van der Waals surface area contributed by atoms with Crippen molar-refractivity contribution in [2.75, 3.05) is 16.3 Å². The zero-order chi connectivity index (χ0) is 13.9. The van der Waals surface area contributed by atoms with Crippen LogP contribution < -0.4 is 10.0 Å². The van der Waals surface area contributed by atoms with Gasteiger partial charge in [0, 0.05) is 5.56 Å². The second kappa shape index (κ2) is 5.36. The first-order chi connectivity index (χ1) is 8.96. The van der Waals surface area contributed by atoms with Gasteiger partial charge in [0.05, 0.1) is 36.2 Å². The minimum Gasteiger partial charge on any atom is -0.472 e. The molecule has 1 atom stereocenters. The van der Waals surface area contributed by atoms with Gasteiger partial charge in [-0.3, -0.25) is 4.72 Å². The maximum Gasteiger partial charge on any atom is 0.229 e. The molecule has 19 heavy (non-hydrogen) atoms. The Kier molecular flexibility index (Phi) is 3.80. The minimum atomic E-state index is -3.30. The van der Waals surface area contributed by atoms with Crippen LogP contribution in [0.1, 0.15) is 18.5 Å². The number of para-hydroxylation sites is 2. The van der Waals surface area contributed by atoms with Crippen LogP contribution in [0.2, 0.25) is 0 Å². The summed E-state index contributed by atoms with van der Waals surface area (Å²) in [6.45, 7) is 1.97. The quantitative estimate of drug-likeness (QED) is 0.883. The Balaban J connectivity index is 2.21. The van der Waals surface area contributed by atoms with Crippen LogP contribution in [-0.2, 0) is 10.0 Å². The van der Waals surface area contributed by atoms with Crippen molar-refractivity contribution in [3.8, 4) is 0 Å². The van der Waals surface area contributed by atoms with Crippen LogP contribution in [0.15, 0.2) is 47.3 Å². The fourth-order valence-electron chi connectivity index (χ4n) is 1.74. The van der Waals surface area contributed by atoms with E-state index in [1.54, 1.807) is 24.7 Å². The second-order valence-electron chi connectivity index (χ2n) is 4.34. The molecule has 5 nitrogen and oxygen atoms in total. The van der Waals surface area contributed by atoms with E-state index < -0.39 is 10.0 Å². The third-order valence-electron chi connectivity index (χ3n) is 2.64. The van der Waals surface area contributed by atoms with Gasteiger partial charge in [-0.25, -0.2) is 8.42 Å². The summed E-state index contributed by atoms with van der Waals surface area (Å²) in [5, 5.41) is 3.25. The Hall–Kier alpha value is -1.95. The first kappa shape index (κ1) is 13.5. The van der Waals surface area contributed by atoms with Crippen LogP contribution in [0.5, 0.6) is 0 Å². The highest BCUT2D eigenvalue weighted by molar-refractivity contribution is 7.92. The molecule has 1 unspecified atom stereocenters. The standard InChI is InChI=1S/C13H16N2O3S/c1-10(11-7-8-18-9-11)14-12-5-3-4-6-13(12)15-19(2,16)17/h3-10,14-15H,1-2H3. The maximum atomic E-state index is 11.3. The van der Waals surface area contributed by atoms with E-state index in [0.29, 0.717) is 5.69 Å². The fourth-order valence-corrected chi connectivity index (χ4v) is 2.31. The normalized spacial score (nSPS) is 12.9. The Labute approximate surface area is 112 Å². The van der Waals surface area contributed by atoms with Gasteiger partial charge in [-0.2, -0.15) is 0 Å². The van der Waals surface area contributed by atoms with Crippen molar-refractivity contribution in [1.82, 2.24) is 0 Å². The molecule has 1 aromatic carbocycles. The zero-order valence-electron chi connectivity index (χ0n) is 10.8. The third-order valence-corrected chi connectivity index (χ3v) is 3.23. The Morgan fingerprint density at radius 2 is 1.84 bits per heavy atom. The average Bonchev–Trinajstić information content (AvgIpc) is 2.83. The average molecular weight is 280 g/mol. The zero-order valence-corrected chi connectivity index (χ0v) is 11.6.